The Hall–Kier alpha value is -2.55. The van der Waals surface area contributed by atoms with E-state index in [0.29, 0.717) is 6.42 Å². The van der Waals surface area contributed by atoms with Gasteiger partial charge in [-0.25, -0.2) is 0 Å². The minimum atomic E-state index is 0.125. The molecule has 0 atom stereocenters. The first-order valence-corrected chi connectivity index (χ1v) is 8.10. The molecule has 0 radical (unpaired) electrons. The summed E-state index contributed by atoms with van der Waals surface area (Å²) >= 11 is 0. The molecule has 2 aromatic heterocycles. The Morgan fingerprint density at radius 1 is 1.26 bits per heavy atom. The number of para-hydroxylation sites is 1. The predicted molar refractivity (Wildman–Crippen MR) is 91.7 cm³/mol. The van der Waals surface area contributed by atoms with Gasteiger partial charge < -0.3 is 8.98 Å². The number of rotatable bonds is 4. The number of ketones is 1. The molecule has 2 heterocycles. The van der Waals surface area contributed by atoms with E-state index in [9.17, 15) is 4.79 Å². The van der Waals surface area contributed by atoms with E-state index in [1.54, 1.807) is 6.26 Å². The number of furan rings is 1. The molecule has 0 saturated carbocycles. The van der Waals surface area contributed by atoms with Crippen molar-refractivity contribution in [2.24, 2.45) is 0 Å². The topological polar surface area (TPSA) is 35.1 Å². The van der Waals surface area contributed by atoms with Crippen LogP contribution in [0, 0.1) is 6.92 Å². The second-order valence-electron chi connectivity index (χ2n) is 6.11. The lowest BCUT2D eigenvalue weighted by molar-refractivity contribution is 0.103. The van der Waals surface area contributed by atoms with Crippen LogP contribution in [0.1, 0.15) is 40.7 Å². The largest absolute Gasteiger partial charge is 0.465 e. The molecule has 0 aliphatic heterocycles. The van der Waals surface area contributed by atoms with E-state index in [4.69, 9.17) is 4.42 Å². The maximum Gasteiger partial charge on any atom is 0.191 e. The van der Waals surface area contributed by atoms with Crippen LogP contribution >= 0.6 is 0 Å². The van der Waals surface area contributed by atoms with Gasteiger partial charge in [0.25, 0.3) is 0 Å². The van der Waals surface area contributed by atoms with Crippen molar-refractivity contribution in [2.45, 2.75) is 33.2 Å². The fourth-order valence-electron chi connectivity index (χ4n) is 3.57. The lowest BCUT2D eigenvalue weighted by Crippen LogP contribution is -2.07. The number of aromatic nitrogens is 1. The van der Waals surface area contributed by atoms with Crippen LogP contribution in [-0.4, -0.2) is 10.4 Å². The van der Waals surface area contributed by atoms with Gasteiger partial charge in [-0.15, -0.1) is 0 Å². The molecule has 0 saturated heterocycles. The number of benzene rings is 1. The van der Waals surface area contributed by atoms with Crippen molar-refractivity contribution < 1.29 is 9.21 Å². The number of carbonyl (C=O) groups is 1. The molecule has 0 spiro atoms. The summed E-state index contributed by atoms with van der Waals surface area (Å²) in [5, 5.41) is 1.05. The molecule has 0 amide bonds. The Kier molecular flexibility index (Phi) is 3.22. The number of hydrogen-bond acceptors (Lipinski definition) is 2. The van der Waals surface area contributed by atoms with Gasteiger partial charge in [-0.05, 0) is 31.6 Å². The van der Waals surface area contributed by atoms with E-state index in [-0.39, 0.29) is 5.78 Å². The minimum Gasteiger partial charge on any atom is -0.465 e. The summed E-state index contributed by atoms with van der Waals surface area (Å²) < 4.78 is 7.68. The standard InChI is InChI=1S/C20H19NO2/c1-3-9-21-13(2)19(16-6-4-5-7-17(16)21)20(22)15-11-14-8-10-23-18(14)12-15/h4-8,10,12H,3,9,11H2,1-2H3. The first kappa shape index (κ1) is 14.1. The molecule has 0 bridgehead atoms. The van der Waals surface area contributed by atoms with E-state index in [0.717, 1.165) is 52.0 Å². The van der Waals surface area contributed by atoms with Gasteiger partial charge in [0.15, 0.2) is 5.78 Å². The van der Waals surface area contributed by atoms with Gasteiger partial charge in [-0.1, -0.05) is 25.1 Å². The molecule has 0 N–H and O–H groups in total. The lowest BCUT2D eigenvalue weighted by atomic mass is 9.99. The number of nitrogens with zero attached hydrogens (tertiary/aromatic N) is 1. The highest BCUT2D eigenvalue weighted by molar-refractivity contribution is 6.19. The van der Waals surface area contributed by atoms with Gasteiger partial charge in [0.05, 0.1) is 11.8 Å². The Bertz CT molecular complexity index is 940. The number of aryl methyl sites for hydroxylation is 1. The van der Waals surface area contributed by atoms with Crippen molar-refractivity contribution in [2.75, 3.05) is 0 Å². The molecule has 0 unspecified atom stereocenters. The molecular weight excluding hydrogens is 286 g/mol. The second kappa shape index (κ2) is 5.27. The minimum absolute atomic E-state index is 0.125. The Balaban J connectivity index is 1.84. The average Bonchev–Trinajstić information content (AvgIpc) is 3.20. The first-order valence-electron chi connectivity index (χ1n) is 8.10. The van der Waals surface area contributed by atoms with Crippen LogP contribution in [0.25, 0.3) is 17.0 Å². The van der Waals surface area contributed by atoms with Crippen LogP contribution in [0.5, 0.6) is 0 Å². The maximum atomic E-state index is 13.1. The van der Waals surface area contributed by atoms with Crippen LogP contribution in [0.15, 0.2) is 46.6 Å². The van der Waals surface area contributed by atoms with Crippen molar-refractivity contribution in [3.63, 3.8) is 0 Å². The molecule has 3 aromatic rings. The van der Waals surface area contributed by atoms with Crippen LogP contribution in [-0.2, 0) is 13.0 Å². The van der Waals surface area contributed by atoms with Crippen LogP contribution in [0.2, 0.25) is 0 Å². The van der Waals surface area contributed by atoms with E-state index in [1.807, 2.05) is 24.3 Å². The zero-order valence-corrected chi connectivity index (χ0v) is 13.4. The molecular formula is C20H19NO2. The summed E-state index contributed by atoms with van der Waals surface area (Å²) in [5.74, 6) is 0.947. The summed E-state index contributed by atoms with van der Waals surface area (Å²) in [5.41, 5.74) is 4.96. The summed E-state index contributed by atoms with van der Waals surface area (Å²) in [4.78, 5) is 13.1. The molecule has 3 nitrogen and oxygen atoms in total. The SMILES string of the molecule is CCCn1c(C)c(C(=O)C2=Cc3occc3C2)c2ccccc21. The van der Waals surface area contributed by atoms with Crippen LogP contribution in [0.3, 0.4) is 0 Å². The van der Waals surface area contributed by atoms with Gasteiger partial charge >= 0.3 is 0 Å². The van der Waals surface area contributed by atoms with E-state index < -0.39 is 0 Å². The molecule has 23 heavy (non-hydrogen) atoms. The lowest BCUT2D eigenvalue weighted by Gasteiger charge is -2.06. The van der Waals surface area contributed by atoms with Crippen LogP contribution in [0.4, 0.5) is 0 Å². The average molecular weight is 305 g/mol. The van der Waals surface area contributed by atoms with Gasteiger partial charge in [0, 0.05) is 40.7 Å². The Morgan fingerprint density at radius 3 is 2.87 bits per heavy atom. The monoisotopic (exact) mass is 305 g/mol. The highest BCUT2D eigenvalue weighted by atomic mass is 16.3. The highest BCUT2D eigenvalue weighted by Crippen LogP contribution is 2.33. The van der Waals surface area contributed by atoms with E-state index >= 15 is 0 Å². The van der Waals surface area contributed by atoms with Gasteiger partial charge in [0.1, 0.15) is 5.76 Å². The fraction of sp³-hybridized carbons (Fsp3) is 0.250. The van der Waals surface area contributed by atoms with Crippen molar-refractivity contribution in [3.05, 3.63) is 64.7 Å². The van der Waals surface area contributed by atoms with Crippen molar-refractivity contribution >= 4 is 22.8 Å². The zero-order valence-electron chi connectivity index (χ0n) is 13.4. The Labute approximate surface area is 135 Å². The maximum absolute atomic E-state index is 13.1. The molecule has 1 aliphatic rings. The van der Waals surface area contributed by atoms with Crippen LogP contribution < -0.4 is 0 Å². The van der Waals surface area contributed by atoms with Gasteiger partial charge in [-0.3, -0.25) is 4.79 Å². The quantitative estimate of drug-likeness (QED) is 0.650. The number of allylic oxidation sites excluding steroid dienone is 1. The molecule has 0 fully saturated rings. The molecule has 116 valence electrons. The second-order valence-corrected chi connectivity index (χ2v) is 6.11. The number of Topliss-reactive ketones (excluding diaryl/α,β-unsaturated/α-hetero) is 1. The molecule has 4 rings (SSSR count). The molecule has 3 heteroatoms. The predicted octanol–water partition coefficient (Wildman–Crippen LogP) is 4.78. The summed E-state index contributed by atoms with van der Waals surface area (Å²) in [6, 6.07) is 10.1. The first-order chi connectivity index (χ1) is 11.2. The third kappa shape index (κ3) is 2.07. The van der Waals surface area contributed by atoms with E-state index in [2.05, 4.69) is 30.5 Å². The summed E-state index contributed by atoms with van der Waals surface area (Å²) in [6.07, 6.45) is 5.28. The Morgan fingerprint density at radius 2 is 2.09 bits per heavy atom. The number of fused-ring (bicyclic) bond motifs is 2. The smallest absolute Gasteiger partial charge is 0.191 e. The van der Waals surface area contributed by atoms with Crippen molar-refractivity contribution in [1.29, 1.82) is 0 Å². The highest BCUT2D eigenvalue weighted by Gasteiger charge is 2.26. The summed E-state index contributed by atoms with van der Waals surface area (Å²) in [6.45, 7) is 5.14. The summed E-state index contributed by atoms with van der Waals surface area (Å²) in [7, 11) is 0. The number of carbonyl (C=O) groups excluding carboxylic acids is 1. The van der Waals surface area contributed by atoms with E-state index in [1.165, 1.54) is 0 Å². The van der Waals surface area contributed by atoms with Crippen molar-refractivity contribution in [3.8, 4) is 0 Å². The third-order valence-electron chi connectivity index (χ3n) is 4.66. The van der Waals surface area contributed by atoms with Gasteiger partial charge in [-0.2, -0.15) is 0 Å². The van der Waals surface area contributed by atoms with Crippen molar-refractivity contribution in [1.82, 2.24) is 4.57 Å². The number of hydrogen-bond donors (Lipinski definition) is 0. The third-order valence-corrected chi connectivity index (χ3v) is 4.66. The molecule has 1 aliphatic carbocycles. The van der Waals surface area contributed by atoms with Gasteiger partial charge in [0.2, 0.25) is 0 Å². The zero-order chi connectivity index (χ0) is 16.0. The fourth-order valence-corrected chi connectivity index (χ4v) is 3.57. The molecule has 1 aromatic carbocycles. The normalized spacial score (nSPS) is 13.4.